The second-order valence-electron chi connectivity index (χ2n) is 5.49. The molecule has 2 N–H and O–H groups in total. The molecule has 0 radical (unpaired) electrons. The second kappa shape index (κ2) is 9.69. The minimum atomic E-state index is -2.65. The molecule has 2 rings (SSSR count). The Morgan fingerprint density at radius 3 is 2.85 bits per heavy atom. The van der Waals surface area contributed by atoms with Gasteiger partial charge in [0, 0.05) is 25.0 Å². The van der Waals surface area contributed by atoms with Crippen LogP contribution in [0.2, 0.25) is 0 Å². The molecule has 142 valence electrons. The van der Waals surface area contributed by atoms with E-state index in [4.69, 9.17) is 4.74 Å². The van der Waals surface area contributed by atoms with Crippen LogP contribution < -0.4 is 15.4 Å². The van der Waals surface area contributed by atoms with Crippen LogP contribution in [-0.4, -0.2) is 34.7 Å². The molecule has 0 aliphatic carbocycles. The molecule has 1 aromatic carbocycles. The topological polar surface area (TPSA) is 63.5 Å². The lowest BCUT2D eigenvalue weighted by Gasteiger charge is -2.17. The summed E-state index contributed by atoms with van der Waals surface area (Å²) >= 11 is 0. The van der Waals surface area contributed by atoms with Crippen molar-refractivity contribution >= 4 is 5.96 Å². The zero-order valence-electron chi connectivity index (χ0n) is 14.6. The lowest BCUT2D eigenvalue weighted by atomic mass is 10.3. The van der Waals surface area contributed by atoms with Crippen molar-refractivity contribution in [1.29, 1.82) is 0 Å². The first-order valence-electron chi connectivity index (χ1n) is 8.23. The van der Waals surface area contributed by atoms with Gasteiger partial charge in [-0.05, 0) is 26.0 Å². The van der Waals surface area contributed by atoms with Crippen LogP contribution in [0.1, 0.15) is 26.2 Å². The molecule has 9 heteroatoms. The van der Waals surface area contributed by atoms with Crippen LogP contribution in [0, 0.1) is 5.82 Å². The molecule has 1 aromatic heterocycles. The molecule has 0 bridgehead atoms. The van der Waals surface area contributed by atoms with E-state index in [2.05, 4.69) is 20.6 Å². The van der Waals surface area contributed by atoms with Crippen molar-refractivity contribution in [2.75, 3.05) is 13.1 Å². The monoisotopic (exact) mass is 369 g/mol. The number of alkyl halides is 2. The maximum atomic E-state index is 13.2. The van der Waals surface area contributed by atoms with E-state index < -0.39 is 6.55 Å². The van der Waals surface area contributed by atoms with Crippen molar-refractivity contribution in [3.05, 3.63) is 48.3 Å². The van der Waals surface area contributed by atoms with E-state index >= 15 is 0 Å². The first-order chi connectivity index (χ1) is 12.5. The van der Waals surface area contributed by atoms with Crippen LogP contribution in [0.15, 0.2) is 41.7 Å². The number of ether oxygens (including phenoxy) is 1. The molecule has 0 saturated carbocycles. The molecule has 2 aromatic rings. The van der Waals surface area contributed by atoms with Crippen molar-refractivity contribution in [3.63, 3.8) is 0 Å². The number of rotatable bonds is 8. The number of aliphatic imine (C=N–C) groups is 1. The fourth-order valence-electron chi connectivity index (χ4n) is 2.19. The van der Waals surface area contributed by atoms with Gasteiger partial charge >= 0.3 is 6.55 Å². The molecule has 0 spiro atoms. The van der Waals surface area contributed by atoms with Crippen molar-refractivity contribution in [2.45, 2.75) is 33.0 Å². The summed E-state index contributed by atoms with van der Waals surface area (Å²) in [5, 5.41) is 6.08. The molecular formula is C17H22F3N5O. The van der Waals surface area contributed by atoms with Crippen LogP contribution in [0.4, 0.5) is 13.2 Å². The normalized spacial score (nSPS) is 12.9. The molecule has 0 aliphatic rings. The smallest absolute Gasteiger partial charge is 0.319 e. The molecule has 0 amide bonds. The highest BCUT2D eigenvalue weighted by atomic mass is 19.3. The van der Waals surface area contributed by atoms with Crippen LogP contribution >= 0.6 is 0 Å². The fraction of sp³-hybridized carbons (Fsp3) is 0.412. The zero-order valence-corrected chi connectivity index (χ0v) is 14.6. The van der Waals surface area contributed by atoms with Crippen LogP contribution in [0.25, 0.3) is 0 Å². The third-order valence-electron chi connectivity index (χ3n) is 3.37. The Morgan fingerprint density at radius 2 is 2.15 bits per heavy atom. The largest absolute Gasteiger partial charge is 0.489 e. The van der Waals surface area contributed by atoms with Gasteiger partial charge in [-0.1, -0.05) is 6.07 Å². The first kappa shape index (κ1) is 19.6. The highest BCUT2D eigenvalue weighted by Gasteiger charge is 2.11. The van der Waals surface area contributed by atoms with E-state index in [1.54, 1.807) is 12.1 Å². The molecule has 0 fully saturated rings. The summed E-state index contributed by atoms with van der Waals surface area (Å²) in [4.78, 5) is 8.14. The number of hydrogen-bond donors (Lipinski definition) is 2. The predicted octanol–water partition coefficient (Wildman–Crippen LogP) is 2.94. The summed E-state index contributed by atoms with van der Waals surface area (Å²) in [6.07, 6.45) is 2.26. The number of benzene rings is 1. The Hall–Kier alpha value is -2.71. The minimum absolute atomic E-state index is 0.00576. The van der Waals surface area contributed by atoms with Crippen molar-refractivity contribution < 1.29 is 17.9 Å². The van der Waals surface area contributed by atoms with Crippen LogP contribution in [0.3, 0.4) is 0 Å². The van der Waals surface area contributed by atoms with E-state index in [1.807, 2.05) is 13.8 Å². The van der Waals surface area contributed by atoms with Gasteiger partial charge in [-0.15, -0.1) is 0 Å². The third kappa shape index (κ3) is 5.98. The average molecular weight is 369 g/mol. The fourth-order valence-corrected chi connectivity index (χ4v) is 2.19. The highest BCUT2D eigenvalue weighted by Crippen LogP contribution is 2.14. The quantitative estimate of drug-likeness (QED) is 0.555. The van der Waals surface area contributed by atoms with Gasteiger partial charge in [-0.25, -0.2) is 14.4 Å². The minimum Gasteiger partial charge on any atom is -0.489 e. The van der Waals surface area contributed by atoms with Gasteiger partial charge in [0.2, 0.25) is 0 Å². The lowest BCUT2D eigenvalue weighted by Crippen LogP contribution is -2.41. The van der Waals surface area contributed by atoms with Crippen molar-refractivity contribution in [3.8, 4) is 5.75 Å². The standard InChI is InChI=1S/C17H22F3N5O/c1-3-21-17(24-11-15-22-7-8-25(15)16(19)20)23-10-12(2)26-14-6-4-5-13(18)9-14/h4-9,12,16H,3,10-11H2,1-2H3,(H2,21,23,24). The summed E-state index contributed by atoms with van der Waals surface area (Å²) in [6, 6.07) is 5.89. The van der Waals surface area contributed by atoms with E-state index in [0.29, 0.717) is 24.8 Å². The number of aromatic nitrogens is 2. The Labute approximate surface area is 150 Å². The Bertz CT molecular complexity index is 720. The van der Waals surface area contributed by atoms with Gasteiger partial charge in [-0.3, -0.25) is 4.57 Å². The number of hydrogen-bond acceptors (Lipinski definition) is 3. The van der Waals surface area contributed by atoms with Gasteiger partial charge in [0.25, 0.3) is 0 Å². The molecule has 26 heavy (non-hydrogen) atoms. The summed E-state index contributed by atoms with van der Waals surface area (Å²) in [5.74, 6) is 0.680. The van der Waals surface area contributed by atoms with E-state index in [9.17, 15) is 13.2 Å². The van der Waals surface area contributed by atoms with Gasteiger partial charge in [0.05, 0.1) is 6.54 Å². The van der Waals surface area contributed by atoms with Gasteiger partial charge in [-0.2, -0.15) is 8.78 Å². The van der Waals surface area contributed by atoms with Gasteiger partial charge in [0.1, 0.15) is 30.0 Å². The average Bonchev–Trinajstić information content (AvgIpc) is 3.06. The SMILES string of the molecule is CCNC(=NCc1nccn1C(F)F)NCC(C)Oc1cccc(F)c1. The summed E-state index contributed by atoms with van der Waals surface area (Å²) in [7, 11) is 0. The molecule has 1 unspecified atom stereocenters. The first-order valence-corrected chi connectivity index (χ1v) is 8.23. The van der Waals surface area contributed by atoms with Crippen LogP contribution in [0.5, 0.6) is 5.75 Å². The molecule has 6 nitrogen and oxygen atoms in total. The highest BCUT2D eigenvalue weighted by molar-refractivity contribution is 5.79. The number of halogens is 3. The molecule has 0 aliphatic heterocycles. The third-order valence-corrected chi connectivity index (χ3v) is 3.37. The number of imidazole rings is 1. The Kier molecular flexibility index (Phi) is 7.31. The Morgan fingerprint density at radius 1 is 1.35 bits per heavy atom. The molecule has 1 atom stereocenters. The summed E-state index contributed by atoms with van der Waals surface area (Å²) in [5.41, 5.74) is 0. The van der Waals surface area contributed by atoms with Gasteiger partial charge < -0.3 is 15.4 Å². The lowest BCUT2D eigenvalue weighted by molar-refractivity contribution is 0.0671. The van der Waals surface area contributed by atoms with E-state index in [1.165, 1.54) is 24.5 Å². The van der Waals surface area contributed by atoms with Crippen LogP contribution in [-0.2, 0) is 6.54 Å². The molecule has 0 saturated heterocycles. The summed E-state index contributed by atoms with van der Waals surface area (Å²) in [6.45, 7) is 2.07. The number of nitrogens with one attached hydrogen (secondary N) is 2. The summed E-state index contributed by atoms with van der Waals surface area (Å²) < 4.78 is 45.2. The van der Waals surface area contributed by atoms with Gasteiger partial charge in [0.15, 0.2) is 5.96 Å². The van der Waals surface area contributed by atoms with Crippen molar-refractivity contribution in [1.82, 2.24) is 20.2 Å². The Balaban J connectivity index is 1.91. The molecule has 1 heterocycles. The maximum absolute atomic E-state index is 13.2. The number of guanidine groups is 1. The molecular weight excluding hydrogens is 347 g/mol. The van der Waals surface area contributed by atoms with E-state index in [0.717, 1.165) is 4.57 Å². The zero-order chi connectivity index (χ0) is 18.9. The predicted molar refractivity (Wildman–Crippen MR) is 92.8 cm³/mol. The second-order valence-corrected chi connectivity index (χ2v) is 5.49. The van der Waals surface area contributed by atoms with Crippen molar-refractivity contribution in [2.24, 2.45) is 4.99 Å². The van der Waals surface area contributed by atoms with E-state index in [-0.39, 0.29) is 24.3 Å². The maximum Gasteiger partial charge on any atom is 0.319 e. The number of nitrogens with zero attached hydrogens (tertiary/aromatic N) is 3.